The van der Waals surface area contributed by atoms with Crippen LogP contribution in [0.15, 0.2) is 66.9 Å². The molecule has 0 saturated heterocycles. The first kappa shape index (κ1) is 17.7. The van der Waals surface area contributed by atoms with E-state index in [1.165, 1.54) is 12.1 Å². The van der Waals surface area contributed by atoms with E-state index in [1.54, 1.807) is 12.3 Å². The molecule has 2 aromatic heterocycles. The van der Waals surface area contributed by atoms with Crippen LogP contribution in [0.2, 0.25) is 0 Å². The molecule has 0 fully saturated rings. The van der Waals surface area contributed by atoms with Gasteiger partial charge in [-0.2, -0.15) is 18.2 Å². The highest BCUT2D eigenvalue weighted by Crippen LogP contribution is 2.31. The molecule has 5 nitrogen and oxygen atoms in total. The summed E-state index contributed by atoms with van der Waals surface area (Å²) in [5.41, 5.74) is 7.84. The van der Waals surface area contributed by atoms with Crippen molar-refractivity contribution in [1.29, 1.82) is 0 Å². The van der Waals surface area contributed by atoms with Crippen molar-refractivity contribution in [3.63, 3.8) is 0 Å². The molecule has 0 bridgehead atoms. The number of nitrogens with one attached hydrogen (secondary N) is 1. The van der Waals surface area contributed by atoms with Gasteiger partial charge in [-0.25, -0.2) is 4.98 Å². The Morgan fingerprint density at radius 2 is 1.64 bits per heavy atom. The van der Waals surface area contributed by atoms with Crippen molar-refractivity contribution in [2.75, 3.05) is 11.1 Å². The maximum Gasteiger partial charge on any atom is 0.416 e. The van der Waals surface area contributed by atoms with Crippen molar-refractivity contribution in [2.45, 2.75) is 6.18 Å². The Labute approximate surface area is 158 Å². The smallest absolute Gasteiger partial charge is 0.384 e. The summed E-state index contributed by atoms with van der Waals surface area (Å²) >= 11 is 0. The number of anilines is 3. The van der Waals surface area contributed by atoms with E-state index >= 15 is 0 Å². The Morgan fingerprint density at radius 3 is 2.39 bits per heavy atom. The molecule has 0 aliphatic rings. The van der Waals surface area contributed by atoms with E-state index in [0.29, 0.717) is 11.4 Å². The summed E-state index contributed by atoms with van der Waals surface area (Å²) in [4.78, 5) is 12.9. The Balaban J connectivity index is 1.70. The number of benzene rings is 2. The van der Waals surface area contributed by atoms with Gasteiger partial charge in [0.1, 0.15) is 5.82 Å². The maximum atomic E-state index is 12.7. The molecule has 2 heterocycles. The predicted molar refractivity (Wildman–Crippen MR) is 102 cm³/mol. The number of hydrogen-bond donors (Lipinski definition) is 2. The van der Waals surface area contributed by atoms with Crippen molar-refractivity contribution < 1.29 is 13.2 Å². The summed E-state index contributed by atoms with van der Waals surface area (Å²) in [6.07, 6.45) is -2.71. The van der Waals surface area contributed by atoms with Crippen LogP contribution in [0.5, 0.6) is 0 Å². The molecule has 0 atom stereocenters. The van der Waals surface area contributed by atoms with Crippen LogP contribution in [0, 0.1) is 0 Å². The zero-order valence-electron chi connectivity index (χ0n) is 14.4. The third-order valence-electron chi connectivity index (χ3n) is 4.14. The molecule has 8 heteroatoms. The molecule has 3 N–H and O–H groups in total. The summed E-state index contributed by atoms with van der Waals surface area (Å²) in [7, 11) is 0. The molecule has 0 radical (unpaired) electrons. The minimum Gasteiger partial charge on any atom is -0.384 e. The zero-order chi connectivity index (χ0) is 19.7. The lowest BCUT2D eigenvalue weighted by atomic mass is 10.1. The fourth-order valence-corrected chi connectivity index (χ4v) is 2.85. The standard InChI is InChI=1S/C20H14F3N5/c21-20(22,23)12-5-7-13(8-6-12)26-19-27-17(11-18(24)28-19)15-9-10-25-16-4-2-1-3-14(15)16/h1-11H,(H3,24,26,27,28). The topological polar surface area (TPSA) is 76.7 Å². The van der Waals surface area contributed by atoms with E-state index < -0.39 is 11.7 Å². The molecule has 0 aliphatic carbocycles. The van der Waals surface area contributed by atoms with E-state index in [-0.39, 0.29) is 11.8 Å². The lowest BCUT2D eigenvalue weighted by molar-refractivity contribution is -0.137. The summed E-state index contributed by atoms with van der Waals surface area (Å²) in [6, 6.07) is 15.7. The molecule has 4 rings (SSSR count). The number of para-hydroxylation sites is 1. The first-order valence-electron chi connectivity index (χ1n) is 8.33. The second kappa shape index (κ2) is 6.80. The first-order valence-corrected chi connectivity index (χ1v) is 8.33. The third-order valence-corrected chi connectivity index (χ3v) is 4.14. The number of halogens is 3. The number of rotatable bonds is 3. The number of nitrogens with zero attached hydrogens (tertiary/aromatic N) is 3. The molecule has 28 heavy (non-hydrogen) atoms. The van der Waals surface area contributed by atoms with Crippen molar-refractivity contribution in [3.05, 3.63) is 72.4 Å². The number of fused-ring (bicyclic) bond motifs is 1. The van der Waals surface area contributed by atoms with Crippen molar-refractivity contribution in [2.24, 2.45) is 0 Å². The lowest BCUT2D eigenvalue weighted by Gasteiger charge is -2.11. The summed E-state index contributed by atoms with van der Waals surface area (Å²) in [6.45, 7) is 0. The van der Waals surface area contributed by atoms with Crippen molar-refractivity contribution >= 4 is 28.4 Å². The summed E-state index contributed by atoms with van der Waals surface area (Å²) in [5, 5.41) is 3.80. The number of aromatic nitrogens is 3. The lowest BCUT2D eigenvalue weighted by Crippen LogP contribution is -2.05. The second-order valence-corrected chi connectivity index (χ2v) is 6.08. The fraction of sp³-hybridized carbons (Fsp3) is 0.0500. The Bertz CT molecular complexity index is 1140. The van der Waals surface area contributed by atoms with Gasteiger partial charge in [0.05, 0.1) is 16.8 Å². The Morgan fingerprint density at radius 1 is 0.893 bits per heavy atom. The van der Waals surface area contributed by atoms with E-state index in [0.717, 1.165) is 28.6 Å². The minimum absolute atomic E-state index is 0.190. The van der Waals surface area contributed by atoms with E-state index in [9.17, 15) is 13.2 Å². The van der Waals surface area contributed by atoms with Gasteiger partial charge in [-0.15, -0.1) is 0 Å². The van der Waals surface area contributed by atoms with Crippen LogP contribution in [0.1, 0.15) is 5.56 Å². The minimum atomic E-state index is -4.39. The van der Waals surface area contributed by atoms with Gasteiger partial charge in [-0.3, -0.25) is 4.98 Å². The van der Waals surface area contributed by atoms with Crippen LogP contribution in [0.4, 0.5) is 30.6 Å². The molecular formula is C20H14F3N5. The number of alkyl halides is 3. The number of hydrogen-bond acceptors (Lipinski definition) is 5. The van der Waals surface area contributed by atoms with Gasteiger partial charge in [-0.1, -0.05) is 18.2 Å². The van der Waals surface area contributed by atoms with Crippen LogP contribution in [0.3, 0.4) is 0 Å². The molecule has 0 spiro atoms. The van der Waals surface area contributed by atoms with Gasteiger partial charge in [0, 0.05) is 28.9 Å². The van der Waals surface area contributed by atoms with Crippen LogP contribution < -0.4 is 11.1 Å². The number of nitrogen functional groups attached to an aromatic ring is 1. The molecule has 0 unspecified atom stereocenters. The Kier molecular flexibility index (Phi) is 4.31. The van der Waals surface area contributed by atoms with Gasteiger partial charge in [-0.05, 0) is 36.4 Å². The van der Waals surface area contributed by atoms with Crippen LogP contribution in [-0.4, -0.2) is 15.0 Å². The number of nitrogens with two attached hydrogens (primary N) is 1. The van der Waals surface area contributed by atoms with Gasteiger partial charge >= 0.3 is 6.18 Å². The van der Waals surface area contributed by atoms with Crippen LogP contribution in [0.25, 0.3) is 22.2 Å². The molecule has 4 aromatic rings. The van der Waals surface area contributed by atoms with Crippen molar-refractivity contribution in [1.82, 2.24) is 15.0 Å². The van der Waals surface area contributed by atoms with Crippen molar-refractivity contribution in [3.8, 4) is 11.3 Å². The highest BCUT2D eigenvalue weighted by molar-refractivity contribution is 5.93. The average molecular weight is 381 g/mol. The van der Waals surface area contributed by atoms with E-state index in [1.807, 2.05) is 30.3 Å². The van der Waals surface area contributed by atoms with Gasteiger partial charge < -0.3 is 11.1 Å². The van der Waals surface area contributed by atoms with E-state index in [4.69, 9.17) is 5.73 Å². The molecular weight excluding hydrogens is 367 g/mol. The Hall–Kier alpha value is -3.68. The second-order valence-electron chi connectivity index (χ2n) is 6.08. The van der Waals surface area contributed by atoms with Crippen LogP contribution in [-0.2, 0) is 6.18 Å². The normalized spacial score (nSPS) is 11.5. The third kappa shape index (κ3) is 3.57. The van der Waals surface area contributed by atoms with Gasteiger partial charge in [0.15, 0.2) is 0 Å². The molecule has 0 aliphatic heterocycles. The van der Waals surface area contributed by atoms with Gasteiger partial charge in [0.25, 0.3) is 0 Å². The maximum absolute atomic E-state index is 12.7. The highest BCUT2D eigenvalue weighted by atomic mass is 19.4. The monoisotopic (exact) mass is 381 g/mol. The predicted octanol–water partition coefficient (Wildman–Crippen LogP) is 5.04. The summed E-state index contributed by atoms with van der Waals surface area (Å²) in [5.74, 6) is 0.427. The number of pyridine rings is 1. The molecule has 2 aromatic carbocycles. The average Bonchev–Trinajstić information content (AvgIpc) is 2.67. The summed E-state index contributed by atoms with van der Waals surface area (Å²) < 4.78 is 38.1. The highest BCUT2D eigenvalue weighted by Gasteiger charge is 2.29. The fourth-order valence-electron chi connectivity index (χ4n) is 2.85. The SMILES string of the molecule is Nc1cc(-c2ccnc3ccccc23)nc(Nc2ccc(C(F)(F)F)cc2)n1. The van der Waals surface area contributed by atoms with E-state index in [2.05, 4.69) is 20.3 Å². The zero-order valence-corrected chi connectivity index (χ0v) is 14.4. The first-order chi connectivity index (χ1) is 13.4. The molecule has 0 amide bonds. The largest absolute Gasteiger partial charge is 0.416 e. The molecule has 140 valence electrons. The molecule has 0 saturated carbocycles. The quantitative estimate of drug-likeness (QED) is 0.520. The van der Waals surface area contributed by atoms with Crippen LogP contribution >= 0.6 is 0 Å². The van der Waals surface area contributed by atoms with Gasteiger partial charge in [0.2, 0.25) is 5.95 Å².